The Kier molecular flexibility index (Phi) is 6.37. The van der Waals surface area contributed by atoms with Gasteiger partial charge in [-0.25, -0.2) is 4.98 Å². The second-order valence-corrected chi connectivity index (χ2v) is 8.05. The van der Waals surface area contributed by atoms with Gasteiger partial charge in [0.25, 0.3) is 11.5 Å². The molecule has 0 spiro atoms. The third kappa shape index (κ3) is 4.29. The molecule has 0 bridgehead atoms. The van der Waals surface area contributed by atoms with Gasteiger partial charge in [-0.15, -0.1) is 0 Å². The van der Waals surface area contributed by atoms with Gasteiger partial charge in [0.1, 0.15) is 0 Å². The SMILES string of the molecule is CCc1cccc(-c2cn(C)c(=O)c(Nc3ccc(C(=O)N4CCCC4)cc3)n2)c1CO. The summed E-state index contributed by atoms with van der Waals surface area (Å²) < 4.78 is 1.48. The average molecular weight is 433 g/mol. The lowest BCUT2D eigenvalue weighted by molar-refractivity contribution is 0.0793. The largest absolute Gasteiger partial charge is 0.392 e. The van der Waals surface area contributed by atoms with Crippen LogP contribution >= 0.6 is 0 Å². The van der Waals surface area contributed by atoms with Crippen molar-refractivity contribution in [3.8, 4) is 11.3 Å². The number of amides is 1. The van der Waals surface area contributed by atoms with Gasteiger partial charge in [-0.3, -0.25) is 9.59 Å². The van der Waals surface area contributed by atoms with E-state index in [1.165, 1.54) is 4.57 Å². The lowest BCUT2D eigenvalue weighted by atomic mass is 9.98. The molecule has 166 valence electrons. The Labute approximate surface area is 187 Å². The van der Waals surface area contributed by atoms with Crippen LogP contribution in [-0.2, 0) is 20.1 Å². The third-order valence-corrected chi connectivity index (χ3v) is 5.95. The Morgan fingerprint density at radius 2 is 1.84 bits per heavy atom. The van der Waals surface area contributed by atoms with E-state index in [1.807, 2.05) is 30.0 Å². The minimum absolute atomic E-state index is 0.0393. The monoisotopic (exact) mass is 432 g/mol. The molecule has 0 radical (unpaired) electrons. The summed E-state index contributed by atoms with van der Waals surface area (Å²) in [6.07, 6.45) is 4.58. The van der Waals surface area contributed by atoms with Gasteiger partial charge in [-0.2, -0.15) is 0 Å². The van der Waals surface area contributed by atoms with Crippen molar-refractivity contribution in [2.24, 2.45) is 7.05 Å². The molecule has 1 aliphatic heterocycles. The number of rotatable bonds is 6. The van der Waals surface area contributed by atoms with Crippen LogP contribution in [0, 0.1) is 0 Å². The summed E-state index contributed by atoms with van der Waals surface area (Å²) in [6.45, 7) is 3.55. The fourth-order valence-corrected chi connectivity index (χ4v) is 4.15. The summed E-state index contributed by atoms with van der Waals surface area (Å²) in [6, 6.07) is 12.9. The number of aromatic nitrogens is 2. The predicted molar refractivity (Wildman–Crippen MR) is 125 cm³/mol. The summed E-state index contributed by atoms with van der Waals surface area (Å²) in [7, 11) is 1.68. The number of aryl methyl sites for hydroxylation is 2. The maximum atomic E-state index is 12.7. The number of nitrogens with one attached hydrogen (secondary N) is 1. The Morgan fingerprint density at radius 1 is 1.12 bits per heavy atom. The highest BCUT2D eigenvalue weighted by atomic mass is 16.3. The number of anilines is 2. The number of carbonyl (C=O) groups is 1. The van der Waals surface area contributed by atoms with Gasteiger partial charge in [0.15, 0.2) is 5.82 Å². The van der Waals surface area contributed by atoms with E-state index in [1.54, 1.807) is 37.5 Å². The molecule has 7 heteroatoms. The molecule has 1 aliphatic rings. The molecular weight excluding hydrogens is 404 g/mol. The van der Waals surface area contributed by atoms with Gasteiger partial charge < -0.3 is 19.9 Å². The normalized spacial score (nSPS) is 13.4. The maximum absolute atomic E-state index is 12.7. The maximum Gasteiger partial charge on any atom is 0.293 e. The molecule has 2 heterocycles. The lowest BCUT2D eigenvalue weighted by Crippen LogP contribution is -2.27. The smallest absolute Gasteiger partial charge is 0.293 e. The Hall–Kier alpha value is -3.45. The number of hydrogen-bond acceptors (Lipinski definition) is 5. The Morgan fingerprint density at radius 3 is 2.50 bits per heavy atom. The van der Waals surface area contributed by atoms with Crippen LogP contribution in [0.5, 0.6) is 0 Å². The van der Waals surface area contributed by atoms with Crippen LogP contribution in [0.15, 0.2) is 53.5 Å². The molecule has 2 N–H and O–H groups in total. The summed E-state index contributed by atoms with van der Waals surface area (Å²) in [5.41, 5.74) is 4.32. The minimum atomic E-state index is -0.261. The van der Waals surface area contributed by atoms with Gasteiger partial charge >= 0.3 is 0 Å². The van der Waals surface area contributed by atoms with Crippen molar-refractivity contribution in [1.29, 1.82) is 0 Å². The summed E-state index contributed by atoms with van der Waals surface area (Å²) >= 11 is 0. The molecular formula is C25H28N4O3. The van der Waals surface area contributed by atoms with E-state index in [4.69, 9.17) is 0 Å². The van der Waals surface area contributed by atoms with Crippen LogP contribution in [0.3, 0.4) is 0 Å². The summed E-state index contributed by atoms with van der Waals surface area (Å²) in [5.74, 6) is 0.229. The number of benzene rings is 2. The van der Waals surface area contributed by atoms with Gasteiger partial charge in [0.2, 0.25) is 0 Å². The number of aliphatic hydroxyl groups is 1. The quantitative estimate of drug-likeness (QED) is 0.623. The molecule has 1 fully saturated rings. The van der Waals surface area contributed by atoms with Crippen molar-refractivity contribution in [1.82, 2.24) is 14.5 Å². The molecule has 0 atom stereocenters. The first kappa shape index (κ1) is 21.8. The van der Waals surface area contributed by atoms with E-state index >= 15 is 0 Å². The molecule has 1 aromatic heterocycles. The lowest BCUT2D eigenvalue weighted by Gasteiger charge is -2.16. The van der Waals surface area contributed by atoms with Crippen LogP contribution in [0.1, 0.15) is 41.3 Å². The fourth-order valence-electron chi connectivity index (χ4n) is 4.15. The summed E-state index contributed by atoms with van der Waals surface area (Å²) in [4.78, 5) is 31.7. The van der Waals surface area contributed by atoms with E-state index in [2.05, 4.69) is 10.3 Å². The zero-order chi connectivity index (χ0) is 22.7. The highest BCUT2D eigenvalue weighted by molar-refractivity contribution is 5.94. The second-order valence-electron chi connectivity index (χ2n) is 8.05. The van der Waals surface area contributed by atoms with Crippen molar-refractivity contribution in [3.63, 3.8) is 0 Å². The van der Waals surface area contributed by atoms with Gasteiger partial charge in [-0.05, 0) is 54.7 Å². The van der Waals surface area contributed by atoms with Crippen LogP contribution in [0.25, 0.3) is 11.3 Å². The number of aliphatic hydroxyl groups excluding tert-OH is 1. The molecule has 32 heavy (non-hydrogen) atoms. The van der Waals surface area contributed by atoms with E-state index in [9.17, 15) is 14.7 Å². The minimum Gasteiger partial charge on any atom is -0.392 e. The molecule has 2 aromatic carbocycles. The molecule has 1 saturated heterocycles. The number of hydrogen-bond donors (Lipinski definition) is 2. The standard InChI is InChI=1S/C25H28N4O3/c1-3-17-7-6-8-20(21(17)16-30)22-15-28(2)25(32)23(27-22)26-19-11-9-18(10-12-19)24(31)29-13-4-5-14-29/h6-12,15,30H,3-5,13-14,16H2,1-2H3,(H,26,27). The van der Waals surface area contributed by atoms with Gasteiger partial charge in [0.05, 0.1) is 12.3 Å². The second kappa shape index (κ2) is 9.36. The van der Waals surface area contributed by atoms with Crippen molar-refractivity contribution < 1.29 is 9.90 Å². The molecule has 7 nitrogen and oxygen atoms in total. The van der Waals surface area contributed by atoms with Crippen LogP contribution < -0.4 is 10.9 Å². The highest BCUT2D eigenvalue weighted by Gasteiger charge is 2.19. The zero-order valence-electron chi connectivity index (χ0n) is 18.5. The predicted octanol–water partition coefficient (Wildman–Crippen LogP) is 3.48. The first-order valence-corrected chi connectivity index (χ1v) is 11.0. The van der Waals surface area contributed by atoms with E-state index in [0.29, 0.717) is 16.9 Å². The number of likely N-dealkylation sites (tertiary alicyclic amines) is 1. The highest BCUT2D eigenvalue weighted by Crippen LogP contribution is 2.26. The van der Waals surface area contributed by atoms with Crippen LogP contribution in [0.2, 0.25) is 0 Å². The first-order chi connectivity index (χ1) is 15.5. The topological polar surface area (TPSA) is 87.5 Å². The van der Waals surface area contributed by atoms with Crippen molar-refractivity contribution in [2.45, 2.75) is 32.8 Å². The Balaban J connectivity index is 1.63. The molecule has 0 aliphatic carbocycles. The van der Waals surface area contributed by atoms with E-state index in [0.717, 1.165) is 49.0 Å². The third-order valence-electron chi connectivity index (χ3n) is 5.95. The fraction of sp³-hybridized carbons (Fsp3) is 0.320. The number of carbonyl (C=O) groups excluding carboxylic acids is 1. The van der Waals surface area contributed by atoms with Crippen molar-refractivity contribution in [3.05, 3.63) is 75.7 Å². The van der Waals surface area contributed by atoms with Crippen molar-refractivity contribution in [2.75, 3.05) is 18.4 Å². The van der Waals surface area contributed by atoms with E-state index < -0.39 is 0 Å². The van der Waals surface area contributed by atoms with Gasteiger partial charge in [0, 0.05) is 43.1 Å². The molecule has 3 aromatic rings. The molecule has 0 unspecified atom stereocenters. The van der Waals surface area contributed by atoms with Crippen LogP contribution in [0.4, 0.5) is 11.5 Å². The van der Waals surface area contributed by atoms with Crippen molar-refractivity contribution >= 4 is 17.4 Å². The first-order valence-electron chi connectivity index (χ1n) is 11.0. The molecule has 1 amide bonds. The molecule has 4 rings (SSSR count). The van der Waals surface area contributed by atoms with Gasteiger partial charge in [-0.1, -0.05) is 25.1 Å². The van der Waals surface area contributed by atoms with E-state index in [-0.39, 0.29) is 23.9 Å². The molecule has 0 saturated carbocycles. The Bertz CT molecular complexity index is 1180. The summed E-state index contributed by atoms with van der Waals surface area (Å²) in [5, 5.41) is 13.0. The van der Waals surface area contributed by atoms with Crippen LogP contribution in [-0.4, -0.2) is 38.6 Å². The number of nitrogens with zero attached hydrogens (tertiary/aromatic N) is 3. The average Bonchev–Trinajstić information content (AvgIpc) is 3.36. The zero-order valence-corrected chi connectivity index (χ0v) is 18.5.